The molecule has 188 valence electrons. The average molecular weight is 533 g/mol. The van der Waals surface area contributed by atoms with E-state index in [-0.39, 0.29) is 4.90 Å². The van der Waals surface area contributed by atoms with Gasteiger partial charge in [0, 0.05) is 18.1 Å². The summed E-state index contributed by atoms with van der Waals surface area (Å²) in [4.78, 5) is 4.23. The number of thiazole rings is 1. The predicted octanol–water partition coefficient (Wildman–Crippen LogP) is 6.13. The number of hydrogen-bond acceptors (Lipinski definition) is 6. The smallest absolute Gasteiger partial charge is 0.578 e. The lowest BCUT2D eigenvalue weighted by molar-refractivity contribution is -0.0435. The van der Waals surface area contributed by atoms with Crippen LogP contribution in [-0.4, -0.2) is 30.0 Å². The zero-order chi connectivity index (χ0) is 25.4. The largest absolute Gasteiger partial charge is 0.604 e. The molecule has 0 aliphatic carbocycles. The minimum atomic E-state index is -4.77. The Labute approximate surface area is 213 Å². The second-order valence-electron chi connectivity index (χ2n) is 7.85. The van der Waals surface area contributed by atoms with Crippen molar-refractivity contribution in [3.8, 4) is 5.75 Å². The molecule has 0 radical (unpaired) electrons. The molecule has 6 nitrogen and oxygen atoms in total. The molecule has 4 aromatic rings. The van der Waals surface area contributed by atoms with Crippen LogP contribution < -0.4 is 4.74 Å². The van der Waals surface area contributed by atoms with Gasteiger partial charge < -0.3 is 9.29 Å². The van der Waals surface area contributed by atoms with E-state index >= 15 is 0 Å². The quantitative estimate of drug-likeness (QED) is 0.171. The van der Waals surface area contributed by atoms with E-state index in [1.165, 1.54) is 41.2 Å². The SMILES string of the molecule is [O-][S+](c1ccc(/C=C/c2nc(COc3ccc(CCCCn4ccnn4)cc3)cs2)cc1)C(F)(F)F. The standard InChI is InChI=1S/C25H23F3N4O2S2/c26-25(27,28)36(33)23-11-6-20(7-12-23)8-13-24-30-21(18-35-24)17-34-22-9-4-19(5-10-22)3-1-2-15-32-16-14-29-31-32/h4-14,16,18H,1-3,15,17H2/b13-8+. The van der Waals surface area contributed by atoms with Crippen LogP contribution in [0.15, 0.2) is 71.2 Å². The summed E-state index contributed by atoms with van der Waals surface area (Å²) in [5.41, 5.74) is -2.05. The monoisotopic (exact) mass is 532 g/mol. The van der Waals surface area contributed by atoms with Gasteiger partial charge in [0.2, 0.25) is 0 Å². The normalized spacial score (nSPS) is 12.8. The first kappa shape index (κ1) is 25.9. The summed E-state index contributed by atoms with van der Waals surface area (Å²) >= 11 is -1.58. The molecule has 0 spiro atoms. The molecular weight excluding hydrogens is 509 g/mol. The highest BCUT2D eigenvalue weighted by Crippen LogP contribution is 2.30. The molecule has 0 aliphatic rings. The van der Waals surface area contributed by atoms with E-state index in [0.717, 1.165) is 42.3 Å². The lowest BCUT2D eigenvalue weighted by atomic mass is 10.1. The minimum Gasteiger partial charge on any atom is -0.604 e. The van der Waals surface area contributed by atoms with E-state index in [2.05, 4.69) is 27.4 Å². The molecule has 0 saturated carbocycles. The molecular formula is C25H23F3N4O2S2. The van der Waals surface area contributed by atoms with Gasteiger partial charge in [-0.05, 0) is 72.9 Å². The highest BCUT2D eigenvalue weighted by Gasteiger charge is 2.45. The highest BCUT2D eigenvalue weighted by molar-refractivity contribution is 7.92. The van der Waals surface area contributed by atoms with Crippen molar-refractivity contribution in [2.24, 2.45) is 0 Å². The van der Waals surface area contributed by atoms with Crippen molar-refractivity contribution in [1.29, 1.82) is 0 Å². The summed E-state index contributed by atoms with van der Waals surface area (Å²) in [6.07, 6.45) is 10.1. The van der Waals surface area contributed by atoms with E-state index in [1.807, 2.05) is 28.4 Å². The highest BCUT2D eigenvalue weighted by atomic mass is 32.2. The second-order valence-corrected chi connectivity index (χ2v) is 10.2. The molecule has 1 atom stereocenters. The van der Waals surface area contributed by atoms with Crippen LogP contribution in [0.5, 0.6) is 5.75 Å². The molecule has 2 heterocycles. The Morgan fingerprint density at radius 3 is 2.50 bits per heavy atom. The number of rotatable bonds is 11. The number of aromatic nitrogens is 4. The van der Waals surface area contributed by atoms with Crippen molar-refractivity contribution in [2.45, 2.75) is 42.8 Å². The molecule has 0 N–H and O–H groups in total. The van der Waals surface area contributed by atoms with E-state index in [4.69, 9.17) is 4.74 Å². The fourth-order valence-corrected chi connectivity index (χ4v) is 4.68. The molecule has 2 aromatic carbocycles. The summed E-state index contributed by atoms with van der Waals surface area (Å²) in [7, 11) is 0. The van der Waals surface area contributed by atoms with Gasteiger partial charge in [0.05, 0.1) is 23.1 Å². The van der Waals surface area contributed by atoms with E-state index in [9.17, 15) is 17.7 Å². The number of benzene rings is 2. The fourth-order valence-electron chi connectivity index (χ4n) is 3.33. The Kier molecular flexibility index (Phi) is 8.79. The van der Waals surface area contributed by atoms with Crippen LogP contribution in [0.2, 0.25) is 0 Å². The summed E-state index contributed by atoms with van der Waals surface area (Å²) in [5, 5.41) is 10.4. The van der Waals surface area contributed by atoms with Gasteiger partial charge in [0.1, 0.15) is 17.4 Å². The fraction of sp³-hybridized carbons (Fsp3) is 0.240. The van der Waals surface area contributed by atoms with Crippen molar-refractivity contribution >= 4 is 34.7 Å². The number of aryl methyl sites for hydroxylation is 2. The van der Waals surface area contributed by atoms with Gasteiger partial charge >= 0.3 is 5.51 Å². The molecule has 11 heteroatoms. The number of unbranched alkanes of at least 4 members (excludes halogenated alkanes) is 1. The van der Waals surface area contributed by atoms with E-state index in [1.54, 1.807) is 18.3 Å². The van der Waals surface area contributed by atoms with Crippen LogP contribution in [0.4, 0.5) is 13.2 Å². The zero-order valence-corrected chi connectivity index (χ0v) is 20.7. The second kappa shape index (κ2) is 12.2. The molecule has 0 bridgehead atoms. The Bertz CT molecular complexity index is 1240. The molecule has 36 heavy (non-hydrogen) atoms. The maximum atomic E-state index is 12.6. The third-order valence-corrected chi connectivity index (χ3v) is 7.16. The lowest BCUT2D eigenvalue weighted by Gasteiger charge is -2.11. The summed E-state index contributed by atoms with van der Waals surface area (Å²) < 4.78 is 56.7. The maximum absolute atomic E-state index is 12.6. The number of halogens is 3. The van der Waals surface area contributed by atoms with Crippen LogP contribution in [0.1, 0.15) is 34.7 Å². The molecule has 4 rings (SSSR count). The molecule has 0 fully saturated rings. The van der Waals surface area contributed by atoms with Crippen LogP contribution in [0.25, 0.3) is 12.2 Å². The number of alkyl halides is 3. The Morgan fingerprint density at radius 2 is 1.81 bits per heavy atom. The number of ether oxygens (including phenoxy) is 1. The van der Waals surface area contributed by atoms with E-state index < -0.39 is 16.7 Å². The number of hydrogen-bond donors (Lipinski definition) is 0. The Hall–Kier alpha value is -3.15. The Morgan fingerprint density at radius 1 is 1.03 bits per heavy atom. The van der Waals surface area contributed by atoms with Gasteiger partial charge in [-0.1, -0.05) is 23.4 Å². The van der Waals surface area contributed by atoms with Crippen LogP contribution in [0, 0.1) is 0 Å². The van der Waals surface area contributed by atoms with Crippen LogP contribution >= 0.6 is 11.3 Å². The van der Waals surface area contributed by atoms with Crippen molar-refractivity contribution in [3.05, 3.63) is 88.1 Å². The number of nitrogens with zero attached hydrogens (tertiary/aromatic N) is 4. The molecule has 0 aliphatic heterocycles. The first-order valence-electron chi connectivity index (χ1n) is 11.1. The summed E-state index contributed by atoms with van der Waals surface area (Å²) in [5.74, 6) is 0.766. The van der Waals surface area contributed by atoms with E-state index in [0.29, 0.717) is 12.2 Å². The Balaban J connectivity index is 1.21. The molecule has 0 saturated heterocycles. The van der Waals surface area contributed by atoms with Gasteiger partial charge in [-0.25, -0.2) is 4.98 Å². The summed E-state index contributed by atoms with van der Waals surface area (Å²) in [6, 6.07) is 13.5. The van der Waals surface area contributed by atoms with Crippen LogP contribution in [-0.2, 0) is 30.7 Å². The first-order chi connectivity index (χ1) is 17.4. The van der Waals surface area contributed by atoms with Gasteiger partial charge in [0.25, 0.3) is 0 Å². The lowest BCUT2D eigenvalue weighted by Crippen LogP contribution is -2.23. The zero-order valence-electron chi connectivity index (χ0n) is 19.1. The topological polar surface area (TPSA) is 75.9 Å². The van der Waals surface area contributed by atoms with Crippen LogP contribution in [0.3, 0.4) is 0 Å². The molecule has 1 unspecified atom stereocenters. The molecule has 2 aromatic heterocycles. The van der Waals surface area contributed by atoms with Crippen molar-refractivity contribution in [2.75, 3.05) is 0 Å². The average Bonchev–Trinajstić information content (AvgIpc) is 3.56. The summed E-state index contributed by atoms with van der Waals surface area (Å²) in [6.45, 7) is 1.20. The van der Waals surface area contributed by atoms with Gasteiger partial charge in [-0.2, -0.15) is 0 Å². The van der Waals surface area contributed by atoms with Crippen molar-refractivity contribution < 1.29 is 22.5 Å². The van der Waals surface area contributed by atoms with Gasteiger partial charge in [-0.3, -0.25) is 4.68 Å². The van der Waals surface area contributed by atoms with Crippen molar-refractivity contribution in [1.82, 2.24) is 20.0 Å². The predicted molar refractivity (Wildman–Crippen MR) is 134 cm³/mol. The minimum absolute atomic E-state index is 0.274. The third-order valence-electron chi connectivity index (χ3n) is 5.18. The third kappa shape index (κ3) is 7.67. The first-order valence-corrected chi connectivity index (χ1v) is 13.2. The van der Waals surface area contributed by atoms with Gasteiger partial charge in [-0.15, -0.1) is 29.6 Å². The molecule has 0 amide bonds. The maximum Gasteiger partial charge on any atom is 0.578 e. The van der Waals surface area contributed by atoms with Gasteiger partial charge in [0.15, 0.2) is 4.90 Å². The van der Waals surface area contributed by atoms with Crippen molar-refractivity contribution in [3.63, 3.8) is 0 Å².